The molecule has 0 heterocycles. The lowest BCUT2D eigenvalue weighted by atomic mass is 9.97. The van der Waals surface area contributed by atoms with E-state index >= 15 is 0 Å². The highest BCUT2D eigenvalue weighted by Gasteiger charge is 2.37. The Balaban J connectivity index is 2.51. The number of benzene rings is 2. The van der Waals surface area contributed by atoms with Crippen molar-refractivity contribution >= 4 is 77.8 Å². The van der Waals surface area contributed by atoms with Crippen LogP contribution in [0.25, 0.3) is 0 Å². The molecule has 0 spiro atoms. The molecule has 0 radical (unpaired) electrons. The Kier molecular flexibility index (Phi) is 28.5. The summed E-state index contributed by atoms with van der Waals surface area (Å²) in [6, 6.07) is 0.0415. The van der Waals surface area contributed by atoms with Gasteiger partial charge in [0.2, 0.25) is 47.3 Å². The van der Waals surface area contributed by atoms with Gasteiger partial charge in [-0.05, 0) is 54.4 Å². The third-order valence-electron chi connectivity index (χ3n) is 11.8. The molecule has 28 heteroatoms. The Labute approximate surface area is 450 Å². The smallest absolute Gasteiger partial charge is 0.326 e. The number of aliphatic imine (C=N–C) groups is 1. The molecule has 0 saturated heterocycles. The fourth-order valence-corrected chi connectivity index (χ4v) is 7.57. The van der Waals surface area contributed by atoms with Gasteiger partial charge in [0.05, 0.1) is 19.6 Å². The molecule has 0 bridgehead atoms. The SMILES string of the molecule is CC[C@H](C)[C@H](NC(=O)[C@H](CO)NC(=O)[C@H](CS)NC(=O)[C@@H](N)CO)C(=O)N[C@@H](CCCN=C(N)N)C(=O)N[C@@H](Cc1ccc(O)cc1)C(=O)N[C@@H](CC(=O)O)C(=O)N[C@@H](CC(C)C)C(=O)N[C@@H](Cc1ccccc1)C(=O)O. The van der Waals surface area contributed by atoms with Crippen LogP contribution in [0.1, 0.15) is 70.9 Å². The topological polar surface area (TPSA) is 459 Å². The van der Waals surface area contributed by atoms with Gasteiger partial charge in [-0.25, -0.2) is 4.79 Å². The summed E-state index contributed by atoms with van der Waals surface area (Å²) in [5, 5.41) is 68.5. The zero-order valence-corrected chi connectivity index (χ0v) is 44.2. The number of carboxylic acids is 2. The van der Waals surface area contributed by atoms with E-state index in [1.165, 1.54) is 24.3 Å². The number of aliphatic carboxylic acids is 2. The highest BCUT2D eigenvalue weighted by atomic mass is 32.1. The first kappa shape index (κ1) is 65.6. The van der Waals surface area contributed by atoms with Crippen molar-refractivity contribution in [3.05, 3.63) is 65.7 Å². The molecule has 0 fully saturated rings. The van der Waals surface area contributed by atoms with Gasteiger partial charge in [0.15, 0.2) is 5.96 Å². The summed E-state index contributed by atoms with van der Waals surface area (Å²) in [5.74, 6) is -12.6. The van der Waals surface area contributed by atoms with Gasteiger partial charge in [-0.15, -0.1) is 0 Å². The highest BCUT2D eigenvalue weighted by molar-refractivity contribution is 7.80. The number of hydrogen-bond donors (Lipinski definition) is 17. The van der Waals surface area contributed by atoms with Crippen molar-refractivity contribution in [1.82, 2.24) is 42.5 Å². The number of guanidine groups is 1. The standard InChI is InChI=1S/C49H74N12O15S/c1-5-26(4)39(61-45(72)36(23-63)59-46(73)37(24-77)60-40(67)30(50)22-62)47(74)54-31(12-9-17-53-49(51)52)41(68)56-33(19-28-13-15-29(64)16-14-28)43(70)57-34(21-38(65)66)44(71)55-32(18-25(2)3)42(69)58-35(48(75)76)20-27-10-7-6-8-11-27/h6-8,10-11,13-16,25-26,30-37,39,62-64,77H,5,9,12,17-24,50H2,1-4H3,(H,54,74)(H,55,71)(H,56,68)(H,57,70)(H,58,69)(H,59,73)(H,60,67)(H,61,72)(H,65,66)(H,75,76)(H4,51,52,53)/t26-,30-,31-,32-,33-,34-,35-,36-,37-,39-/m0/s1. The fraction of sp³-hybridized carbons (Fsp3) is 0.531. The van der Waals surface area contributed by atoms with E-state index in [1.54, 1.807) is 58.0 Å². The van der Waals surface area contributed by atoms with Gasteiger partial charge < -0.3 is 85.3 Å². The van der Waals surface area contributed by atoms with E-state index < -0.39 is 139 Å². The first-order valence-electron chi connectivity index (χ1n) is 24.7. The van der Waals surface area contributed by atoms with Crippen molar-refractivity contribution in [2.24, 2.45) is 34.0 Å². The largest absolute Gasteiger partial charge is 0.508 e. The molecule has 77 heavy (non-hydrogen) atoms. The van der Waals surface area contributed by atoms with Crippen molar-refractivity contribution in [2.45, 2.75) is 127 Å². The summed E-state index contributed by atoms with van der Waals surface area (Å²) in [5.41, 5.74) is 17.4. The van der Waals surface area contributed by atoms with E-state index in [4.69, 9.17) is 17.2 Å². The molecule has 10 atom stereocenters. The molecule has 19 N–H and O–H groups in total. The lowest BCUT2D eigenvalue weighted by Crippen LogP contribution is -2.62. The average molecular weight is 1100 g/mol. The molecule has 2 rings (SSSR count). The van der Waals surface area contributed by atoms with Crippen LogP contribution in [0.5, 0.6) is 5.75 Å². The zero-order chi connectivity index (χ0) is 57.9. The van der Waals surface area contributed by atoms with Crippen molar-refractivity contribution < 1.29 is 73.5 Å². The number of aromatic hydroxyl groups is 1. The number of aliphatic hydroxyl groups is 2. The number of carboxylic acid groups (broad SMARTS) is 2. The molecule has 0 unspecified atom stereocenters. The summed E-state index contributed by atoms with van der Waals surface area (Å²) in [7, 11) is 0. The van der Waals surface area contributed by atoms with E-state index in [9.17, 15) is 73.5 Å². The summed E-state index contributed by atoms with van der Waals surface area (Å²) in [6.07, 6.45) is -1.43. The Morgan fingerprint density at radius 2 is 1.06 bits per heavy atom. The number of hydrogen-bond acceptors (Lipinski definition) is 16. The maximum absolute atomic E-state index is 14.4. The van der Waals surface area contributed by atoms with Gasteiger partial charge >= 0.3 is 11.9 Å². The van der Waals surface area contributed by atoms with Crippen molar-refractivity contribution in [2.75, 3.05) is 25.5 Å². The number of rotatable bonds is 34. The van der Waals surface area contributed by atoms with Crippen LogP contribution in [0.2, 0.25) is 0 Å². The third kappa shape index (κ3) is 23.5. The predicted octanol–water partition coefficient (Wildman–Crippen LogP) is -4.00. The lowest BCUT2D eigenvalue weighted by molar-refractivity contribution is -0.143. The minimum Gasteiger partial charge on any atom is -0.508 e. The number of phenols is 1. The van der Waals surface area contributed by atoms with Gasteiger partial charge in [-0.1, -0.05) is 76.6 Å². The van der Waals surface area contributed by atoms with Gasteiger partial charge in [-0.2, -0.15) is 12.6 Å². The van der Waals surface area contributed by atoms with Crippen LogP contribution >= 0.6 is 12.6 Å². The number of carbonyl (C=O) groups excluding carboxylic acids is 8. The molecular weight excluding hydrogens is 1030 g/mol. The average Bonchev–Trinajstić information content (AvgIpc) is 3.38. The quantitative estimate of drug-likeness (QED) is 0.0137. The maximum Gasteiger partial charge on any atom is 0.326 e. The van der Waals surface area contributed by atoms with Crippen molar-refractivity contribution in [3.63, 3.8) is 0 Å². The normalized spacial score (nSPS) is 14.9. The first-order chi connectivity index (χ1) is 36.3. The van der Waals surface area contributed by atoms with Crippen molar-refractivity contribution in [3.8, 4) is 5.75 Å². The third-order valence-corrected chi connectivity index (χ3v) is 12.2. The molecule has 0 aliphatic heterocycles. The minimum atomic E-state index is -1.89. The Bertz CT molecular complexity index is 2340. The van der Waals surface area contributed by atoms with E-state index in [0.717, 1.165) is 0 Å². The molecule has 8 amide bonds. The molecular formula is C49H74N12O15S. The minimum absolute atomic E-state index is 0.0423. The number of nitrogens with one attached hydrogen (secondary N) is 8. The van der Waals surface area contributed by atoms with Crippen LogP contribution in [0.4, 0.5) is 0 Å². The maximum atomic E-state index is 14.4. The zero-order valence-electron chi connectivity index (χ0n) is 43.3. The first-order valence-corrected chi connectivity index (χ1v) is 25.3. The number of thiol groups is 1. The van der Waals surface area contributed by atoms with Crippen LogP contribution in [-0.4, -0.2) is 171 Å². The molecule has 0 aliphatic rings. The summed E-state index contributed by atoms with van der Waals surface area (Å²) in [6.45, 7) is 4.93. The molecule has 0 aliphatic carbocycles. The van der Waals surface area contributed by atoms with Gasteiger partial charge in [0.1, 0.15) is 60.1 Å². The van der Waals surface area contributed by atoms with Gasteiger partial charge in [0.25, 0.3) is 0 Å². The van der Waals surface area contributed by atoms with Crippen LogP contribution in [-0.2, 0) is 60.8 Å². The summed E-state index contributed by atoms with van der Waals surface area (Å²) in [4.78, 5) is 138. The van der Waals surface area contributed by atoms with Crippen LogP contribution in [0.15, 0.2) is 59.6 Å². The van der Waals surface area contributed by atoms with E-state index in [1.807, 2.05) is 0 Å². The van der Waals surface area contributed by atoms with E-state index in [2.05, 4.69) is 60.2 Å². The van der Waals surface area contributed by atoms with E-state index in [-0.39, 0.29) is 68.4 Å². The lowest BCUT2D eigenvalue weighted by Gasteiger charge is -2.29. The van der Waals surface area contributed by atoms with Gasteiger partial charge in [0, 0.05) is 25.1 Å². The second-order valence-electron chi connectivity index (χ2n) is 18.5. The Hall–Kier alpha value is -7.56. The molecule has 0 saturated carbocycles. The monoisotopic (exact) mass is 1100 g/mol. The number of aliphatic hydroxyl groups excluding tert-OH is 2. The highest BCUT2D eigenvalue weighted by Crippen LogP contribution is 2.15. The number of phenolic OH excluding ortho intramolecular Hbond substituents is 1. The van der Waals surface area contributed by atoms with E-state index in [0.29, 0.717) is 11.1 Å². The second kappa shape index (κ2) is 33.5. The Morgan fingerprint density at radius 3 is 1.61 bits per heavy atom. The van der Waals surface area contributed by atoms with Gasteiger partial charge in [-0.3, -0.25) is 48.1 Å². The molecule has 27 nitrogen and oxygen atoms in total. The number of nitrogens with zero attached hydrogens (tertiary/aromatic N) is 1. The molecule has 426 valence electrons. The fourth-order valence-electron chi connectivity index (χ4n) is 7.31. The predicted molar refractivity (Wildman–Crippen MR) is 282 cm³/mol. The molecule has 0 aromatic heterocycles. The van der Waals surface area contributed by atoms with Crippen LogP contribution in [0.3, 0.4) is 0 Å². The van der Waals surface area contributed by atoms with Crippen LogP contribution in [0, 0.1) is 11.8 Å². The molecule has 2 aromatic rings. The number of carbonyl (C=O) groups is 10. The summed E-state index contributed by atoms with van der Waals surface area (Å²) >= 11 is 4.04. The number of amides is 8. The number of nitrogens with two attached hydrogens (primary N) is 3. The summed E-state index contributed by atoms with van der Waals surface area (Å²) < 4.78 is 0. The van der Waals surface area contributed by atoms with Crippen LogP contribution < -0.4 is 59.7 Å². The molecule has 2 aromatic carbocycles. The Morgan fingerprint density at radius 1 is 0.584 bits per heavy atom. The van der Waals surface area contributed by atoms with Crippen molar-refractivity contribution in [1.29, 1.82) is 0 Å². The second-order valence-corrected chi connectivity index (χ2v) is 18.9.